The van der Waals surface area contributed by atoms with Gasteiger partial charge in [0.2, 0.25) is 0 Å². The van der Waals surface area contributed by atoms with E-state index in [1.807, 2.05) is 0 Å². The summed E-state index contributed by atoms with van der Waals surface area (Å²) in [6.45, 7) is 4.27. The fourth-order valence-corrected chi connectivity index (χ4v) is 1.71. The normalized spacial score (nSPS) is 12.4. The Morgan fingerprint density at radius 1 is 1.29 bits per heavy atom. The second-order valence-electron chi connectivity index (χ2n) is 3.76. The van der Waals surface area contributed by atoms with Crippen molar-refractivity contribution in [3.63, 3.8) is 0 Å². The molecular weight excluding hydrogens is 172 g/mol. The Labute approximate surface area is 86.1 Å². The van der Waals surface area contributed by atoms with Crippen molar-refractivity contribution in [3.05, 3.63) is 35.4 Å². The van der Waals surface area contributed by atoms with Crippen molar-refractivity contribution in [2.24, 2.45) is 0 Å². The van der Waals surface area contributed by atoms with Crippen LogP contribution in [0.2, 0.25) is 0 Å². The second-order valence-corrected chi connectivity index (χ2v) is 3.76. The number of aldehydes is 1. The average Bonchev–Trinajstić information content (AvgIpc) is 2.21. The minimum atomic E-state index is 0.542. The summed E-state index contributed by atoms with van der Waals surface area (Å²) in [5, 5.41) is 0. The largest absolute Gasteiger partial charge is 0.303 e. The van der Waals surface area contributed by atoms with E-state index in [1.165, 1.54) is 11.1 Å². The van der Waals surface area contributed by atoms with Gasteiger partial charge in [0, 0.05) is 6.42 Å². The lowest BCUT2D eigenvalue weighted by Gasteiger charge is -2.13. The molecule has 0 amide bonds. The molecular formula is C13H18O. The Hall–Kier alpha value is -1.11. The first-order valence-electron chi connectivity index (χ1n) is 5.28. The van der Waals surface area contributed by atoms with Gasteiger partial charge in [-0.15, -0.1) is 0 Å². The van der Waals surface area contributed by atoms with E-state index in [-0.39, 0.29) is 0 Å². The van der Waals surface area contributed by atoms with Gasteiger partial charge in [0.25, 0.3) is 0 Å². The Balaban J connectivity index is 2.68. The van der Waals surface area contributed by atoms with Crippen LogP contribution in [-0.4, -0.2) is 6.29 Å². The van der Waals surface area contributed by atoms with Crippen LogP contribution in [-0.2, 0) is 4.79 Å². The molecule has 0 aliphatic carbocycles. The van der Waals surface area contributed by atoms with Crippen LogP contribution in [0.5, 0.6) is 0 Å². The summed E-state index contributed by atoms with van der Waals surface area (Å²) in [4.78, 5) is 10.3. The molecule has 1 aromatic carbocycles. The topological polar surface area (TPSA) is 17.1 Å². The average molecular weight is 190 g/mol. The summed E-state index contributed by atoms with van der Waals surface area (Å²) in [5.41, 5.74) is 2.65. The zero-order chi connectivity index (χ0) is 10.4. The molecule has 0 radical (unpaired) electrons. The molecule has 1 aromatic rings. The molecule has 1 atom stereocenters. The van der Waals surface area contributed by atoms with E-state index in [1.54, 1.807) is 0 Å². The predicted molar refractivity (Wildman–Crippen MR) is 59.5 cm³/mol. The number of rotatable bonds is 5. The SMILES string of the molecule is CCC(CCC=O)c1ccc(C)cc1. The molecule has 0 fully saturated rings. The molecule has 0 N–H and O–H groups in total. The maximum Gasteiger partial charge on any atom is 0.120 e. The summed E-state index contributed by atoms with van der Waals surface area (Å²) >= 11 is 0. The molecule has 0 heterocycles. The smallest absolute Gasteiger partial charge is 0.120 e. The fraction of sp³-hybridized carbons (Fsp3) is 0.462. The first-order chi connectivity index (χ1) is 6.77. The minimum absolute atomic E-state index is 0.542. The van der Waals surface area contributed by atoms with Crippen LogP contribution in [0.1, 0.15) is 43.2 Å². The van der Waals surface area contributed by atoms with Crippen LogP contribution < -0.4 is 0 Å². The zero-order valence-corrected chi connectivity index (χ0v) is 8.99. The van der Waals surface area contributed by atoms with E-state index in [4.69, 9.17) is 0 Å². The van der Waals surface area contributed by atoms with Gasteiger partial charge in [-0.05, 0) is 31.2 Å². The maximum absolute atomic E-state index is 10.3. The van der Waals surface area contributed by atoms with E-state index >= 15 is 0 Å². The molecule has 1 rings (SSSR count). The van der Waals surface area contributed by atoms with E-state index in [9.17, 15) is 4.79 Å². The highest BCUT2D eigenvalue weighted by molar-refractivity contribution is 5.49. The van der Waals surface area contributed by atoms with Gasteiger partial charge in [-0.2, -0.15) is 0 Å². The van der Waals surface area contributed by atoms with Crippen molar-refractivity contribution in [1.29, 1.82) is 0 Å². The van der Waals surface area contributed by atoms with Crippen LogP contribution in [0, 0.1) is 6.92 Å². The molecule has 0 aromatic heterocycles. The second kappa shape index (κ2) is 5.58. The molecule has 0 spiro atoms. The Morgan fingerprint density at radius 2 is 1.93 bits per heavy atom. The van der Waals surface area contributed by atoms with Crippen molar-refractivity contribution >= 4 is 6.29 Å². The lowest BCUT2D eigenvalue weighted by Crippen LogP contribution is -1.97. The highest BCUT2D eigenvalue weighted by atomic mass is 16.1. The molecule has 76 valence electrons. The van der Waals surface area contributed by atoms with E-state index in [0.717, 1.165) is 19.1 Å². The molecule has 0 saturated carbocycles. The van der Waals surface area contributed by atoms with Gasteiger partial charge in [0.05, 0.1) is 0 Å². The van der Waals surface area contributed by atoms with E-state index < -0.39 is 0 Å². The summed E-state index contributed by atoms with van der Waals surface area (Å²) in [6, 6.07) is 8.63. The van der Waals surface area contributed by atoms with E-state index in [2.05, 4.69) is 38.1 Å². The lowest BCUT2D eigenvalue weighted by molar-refractivity contribution is -0.108. The molecule has 0 aliphatic rings. The standard InChI is InChI=1S/C13H18O/c1-3-12(5-4-10-14)13-8-6-11(2)7-9-13/h6-10,12H,3-5H2,1-2H3. The van der Waals surface area contributed by atoms with Crippen molar-refractivity contribution in [2.75, 3.05) is 0 Å². The Kier molecular flexibility index (Phi) is 4.37. The quantitative estimate of drug-likeness (QED) is 0.650. The van der Waals surface area contributed by atoms with Gasteiger partial charge >= 0.3 is 0 Å². The summed E-state index contributed by atoms with van der Waals surface area (Å²) in [6.07, 6.45) is 3.77. The summed E-state index contributed by atoms with van der Waals surface area (Å²) in [7, 11) is 0. The van der Waals surface area contributed by atoms with Crippen LogP contribution in [0.15, 0.2) is 24.3 Å². The molecule has 0 saturated heterocycles. The van der Waals surface area contributed by atoms with E-state index in [0.29, 0.717) is 12.3 Å². The minimum Gasteiger partial charge on any atom is -0.303 e. The van der Waals surface area contributed by atoms with Gasteiger partial charge in [0.15, 0.2) is 0 Å². The van der Waals surface area contributed by atoms with Crippen LogP contribution in [0.25, 0.3) is 0 Å². The summed E-state index contributed by atoms with van der Waals surface area (Å²) < 4.78 is 0. The van der Waals surface area contributed by atoms with Crippen LogP contribution in [0.3, 0.4) is 0 Å². The molecule has 1 nitrogen and oxygen atoms in total. The van der Waals surface area contributed by atoms with Gasteiger partial charge in [0.1, 0.15) is 6.29 Å². The van der Waals surface area contributed by atoms with Gasteiger partial charge in [-0.3, -0.25) is 0 Å². The number of hydrogen-bond donors (Lipinski definition) is 0. The van der Waals surface area contributed by atoms with Gasteiger partial charge in [-0.1, -0.05) is 36.8 Å². The number of carbonyl (C=O) groups excluding carboxylic acids is 1. The third-order valence-corrected chi connectivity index (χ3v) is 2.67. The third-order valence-electron chi connectivity index (χ3n) is 2.67. The number of carbonyl (C=O) groups is 1. The molecule has 14 heavy (non-hydrogen) atoms. The molecule has 1 heteroatoms. The monoisotopic (exact) mass is 190 g/mol. The highest BCUT2D eigenvalue weighted by Gasteiger charge is 2.07. The molecule has 0 bridgehead atoms. The number of hydrogen-bond acceptors (Lipinski definition) is 1. The first-order valence-corrected chi connectivity index (χ1v) is 5.28. The molecule has 0 aliphatic heterocycles. The predicted octanol–water partition coefficient (Wildman–Crippen LogP) is 3.47. The van der Waals surface area contributed by atoms with Crippen molar-refractivity contribution < 1.29 is 4.79 Å². The maximum atomic E-state index is 10.3. The van der Waals surface area contributed by atoms with Crippen molar-refractivity contribution in [3.8, 4) is 0 Å². The molecule has 1 unspecified atom stereocenters. The van der Waals surface area contributed by atoms with Gasteiger partial charge < -0.3 is 4.79 Å². The highest BCUT2D eigenvalue weighted by Crippen LogP contribution is 2.24. The van der Waals surface area contributed by atoms with Crippen LogP contribution in [0.4, 0.5) is 0 Å². The lowest BCUT2D eigenvalue weighted by atomic mass is 9.92. The number of benzene rings is 1. The fourth-order valence-electron chi connectivity index (χ4n) is 1.71. The zero-order valence-electron chi connectivity index (χ0n) is 8.99. The Bertz CT molecular complexity index is 274. The van der Waals surface area contributed by atoms with Crippen LogP contribution >= 0.6 is 0 Å². The number of aryl methyl sites for hydroxylation is 1. The summed E-state index contributed by atoms with van der Waals surface area (Å²) in [5.74, 6) is 0.542. The van der Waals surface area contributed by atoms with Gasteiger partial charge in [-0.25, -0.2) is 0 Å². The van der Waals surface area contributed by atoms with Crippen molar-refractivity contribution in [1.82, 2.24) is 0 Å². The first kappa shape index (κ1) is 11.0. The van der Waals surface area contributed by atoms with Crippen molar-refractivity contribution in [2.45, 2.75) is 39.0 Å². The Morgan fingerprint density at radius 3 is 2.43 bits per heavy atom. The third kappa shape index (κ3) is 2.99.